The smallest absolute Gasteiger partial charge is 0.0638 e. The monoisotopic (exact) mass is 335 g/mol. The fourth-order valence-electron chi connectivity index (χ4n) is 4.40. The van der Waals surface area contributed by atoms with Gasteiger partial charge in [-0.1, -0.05) is 39.3 Å². The van der Waals surface area contributed by atoms with Gasteiger partial charge in [-0.25, -0.2) is 0 Å². The van der Waals surface area contributed by atoms with Gasteiger partial charge >= 0.3 is 0 Å². The molecule has 1 fully saturated rings. The Bertz CT molecular complexity index is 500. The molecule has 22 heavy (non-hydrogen) atoms. The summed E-state index contributed by atoms with van der Waals surface area (Å²) in [7, 11) is -2.92. The molecule has 124 valence electrons. The van der Waals surface area contributed by atoms with Gasteiger partial charge in [-0.2, -0.15) is 0 Å². The van der Waals surface area contributed by atoms with Gasteiger partial charge in [0.25, 0.3) is 0 Å². The minimum atomic E-state index is -1.46. The Morgan fingerprint density at radius 1 is 1.00 bits per heavy atom. The second-order valence-electron chi connectivity index (χ2n) is 8.89. The highest BCUT2D eigenvalue weighted by molar-refractivity contribution is 6.99. The Labute approximate surface area is 138 Å². The van der Waals surface area contributed by atoms with Crippen LogP contribution in [0.5, 0.6) is 0 Å². The quantitative estimate of drug-likeness (QED) is 0.653. The second kappa shape index (κ2) is 5.69. The van der Waals surface area contributed by atoms with Crippen LogP contribution in [-0.2, 0) is 0 Å². The summed E-state index contributed by atoms with van der Waals surface area (Å²) in [5, 5.41) is 0. The van der Waals surface area contributed by atoms with E-state index in [1.807, 2.05) is 12.1 Å². The molecule has 0 spiro atoms. The summed E-state index contributed by atoms with van der Waals surface area (Å²) in [5.74, 6) is 0.614. The molecule has 5 heteroatoms. The lowest BCUT2D eigenvalue weighted by molar-refractivity contribution is 0.484. The van der Waals surface area contributed by atoms with Gasteiger partial charge in [0.05, 0.1) is 16.1 Å². The van der Waals surface area contributed by atoms with Crippen molar-refractivity contribution in [2.24, 2.45) is 11.7 Å². The predicted octanol–water partition coefficient (Wildman–Crippen LogP) is 3.55. The molecule has 0 bridgehead atoms. The maximum absolute atomic E-state index is 7.20. The number of benzene rings is 1. The van der Waals surface area contributed by atoms with Gasteiger partial charge in [0.1, 0.15) is 0 Å². The summed E-state index contributed by atoms with van der Waals surface area (Å²) < 4.78 is 0. The van der Waals surface area contributed by atoms with Crippen molar-refractivity contribution in [1.82, 2.24) is 0 Å². The number of anilines is 2. The van der Waals surface area contributed by atoms with Crippen LogP contribution in [0.1, 0.15) is 6.42 Å². The molecule has 2 rings (SSSR count). The topological polar surface area (TPSA) is 55.3 Å². The fourth-order valence-corrected chi connectivity index (χ4v) is 16.3. The van der Waals surface area contributed by atoms with Gasteiger partial charge in [0.2, 0.25) is 0 Å². The first-order chi connectivity index (χ1) is 9.97. The van der Waals surface area contributed by atoms with E-state index in [2.05, 4.69) is 56.3 Å². The third-order valence-corrected chi connectivity index (χ3v) is 15.9. The molecule has 1 heterocycles. The Morgan fingerprint density at radius 3 is 1.95 bits per heavy atom. The molecule has 1 aromatic rings. The number of nitrogen functional groups attached to an aromatic ring is 1. The zero-order chi connectivity index (χ0) is 16.8. The van der Waals surface area contributed by atoms with Crippen LogP contribution in [-0.4, -0.2) is 34.0 Å². The maximum atomic E-state index is 7.20. The molecule has 1 aliphatic rings. The maximum Gasteiger partial charge on any atom is 0.0638 e. The zero-order valence-electron chi connectivity index (χ0n) is 15.1. The Morgan fingerprint density at radius 2 is 1.50 bits per heavy atom. The van der Waals surface area contributed by atoms with Gasteiger partial charge in [-0.15, -0.1) is 0 Å². The Kier molecular flexibility index (Phi) is 4.54. The van der Waals surface area contributed by atoms with E-state index in [0.717, 1.165) is 18.8 Å². The molecular formula is C17H33N3Si2. The molecule has 1 aliphatic heterocycles. The molecule has 3 nitrogen and oxygen atoms in total. The molecular weight excluding hydrogens is 302 g/mol. The lowest BCUT2D eigenvalue weighted by Crippen LogP contribution is -2.76. The van der Waals surface area contributed by atoms with E-state index in [-0.39, 0.29) is 4.79 Å². The number of hydrogen-bond donors (Lipinski definition) is 2. The van der Waals surface area contributed by atoms with Crippen LogP contribution in [0.25, 0.3) is 0 Å². The van der Waals surface area contributed by atoms with Crippen LogP contribution in [0.15, 0.2) is 24.3 Å². The fraction of sp³-hybridized carbons (Fsp3) is 0.647. The van der Waals surface area contributed by atoms with Crippen LogP contribution < -0.4 is 16.4 Å². The van der Waals surface area contributed by atoms with Crippen LogP contribution in [0.3, 0.4) is 0 Å². The molecule has 0 aliphatic carbocycles. The first-order valence-corrected chi connectivity index (χ1v) is 15.4. The van der Waals surface area contributed by atoms with Crippen LogP contribution in [0.4, 0.5) is 11.4 Å². The van der Waals surface area contributed by atoms with Gasteiger partial charge in [0, 0.05) is 29.2 Å². The highest BCUT2D eigenvalue weighted by atomic mass is 28.4. The third kappa shape index (κ3) is 2.98. The molecule has 1 unspecified atom stereocenters. The van der Waals surface area contributed by atoms with Crippen molar-refractivity contribution < 1.29 is 0 Å². The molecule has 0 amide bonds. The summed E-state index contributed by atoms with van der Waals surface area (Å²) in [6, 6.07) is 8.27. The van der Waals surface area contributed by atoms with E-state index >= 15 is 0 Å². The van der Waals surface area contributed by atoms with Crippen molar-refractivity contribution >= 4 is 27.5 Å². The van der Waals surface area contributed by atoms with E-state index in [1.54, 1.807) is 0 Å². The Balaban J connectivity index is 2.25. The van der Waals surface area contributed by atoms with Crippen molar-refractivity contribution in [3.05, 3.63) is 24.3 Å². The summed E-state index contributed by atoms with van der Waals surface area (Å²) >= 11 is 0. The highest BCUT2D eigenvalue weighted by Crippen LogP contribution is 2.40. The third-order valence-electron chi connectivity index (χ3n) is 5.57. The minimum Gasteiger partial charge on any atom is -0.399 e. The van der Waals surface area contributed by atoms with Gasteiger partial charge < -0.3 is 16.4 Å². The Hall–Kier alpha value is -0.786. The minimum absolute atomic E-state index is 0.0720. The van der Waals surface area contributed by atoms with Crippen molar-refractivity contribution in [3.63, 3.8) is 0 Å². The SMILES string of the molecule is C[Si](C)(C)C(N)(C1CCN(c2ccc(N)cc2)C1)[Si](C)(C)C. The van der Waals surface area contributed by atoms with Crippen LogP contribution >= 0.6 is 0 Å². The largest absolute Gasteiger partial charge is 0.399 e. The van der Waals surface area contributed by atoms with Gasteiger partial charge in [-0.05, 0) is 36.6 Å². The van der Waals surface area contributed by atoms with E-state index in [1.165, 1.54) is 12.1 Å². The van der Waals surface area contributed by atoms with Gasteiger partial charge in [-0.3, -0.25) is 0 Å². The molecule has 4 N–H and O–H groups in total. The van der Waals surface area contributed by atoms with Crippen LogP contribution in [0, 0.1) is 5.92 Å². The molecule has 1 aromatic carbocycles. The van der Waals surface area contributed by atoms with E-state index in [9.17, 15) is 0 Å². The molecule has 0 aromatic heterocycles. The van der Waals surface area contributed by atoms with Gasteiger partial charge in [0.15, 0.2) is 0 Å². The predicted molar refractivity (Wildman–Crippen MR) is 105 cm³/mol. The van der Waals surface area contributed by atoms with Crippen molar-refractivity contribution in [1.29, 1.82) is 0 Å². The second-order valence-corrected chi connectivity index (χ2v) is 20.0. The van der Waals surface area contributed by atoms with Crippen molar-refractivity contribution in [2.45, 2.75) is 50.5 Å². The number of nitrogens with zero attached hydrogens (tertiary/aromatic N) is 1. The highest BCUT2D eigenvalue weighted by Gasteiger charge is 2.55. The number of nitrogens with two attached hydrogens (primary N) is 2. The molecule has 0 radical (unpaired) electrons. The molecule has 0 saturated carbocycles. The number of rotatable bonds is 4. The molecule has 1 saturated heterocycles. The number of hydrogen-bond acceptors (Lipinski definition) is 3. The first kappa shape index (κ1) is 17.6. The first-order valence-electron chi connectivity index (χ1n) is 8.36. The lowest BCUT2D eigenvalue weighted by Gasteiger charge is -2.53. The van der Waals surface area contributed by atoms with Crippen molar-refractivity contribution in [3.8, 4) is 0 Å². The van der Waals surface area contributed by atoms with E-state index in [0.29, 0.717) is 5.92 Å². The van der Waals surface area contributed by atoms with Crippen molar-refractivity contribution in [2.75, 3.05) is 23.7 Å². The standard InChI is InChI=1S/C17H33N3Si2/c1-21(2,3)17(19,22(4,5)6)14-11-12-20(13-14)16-9-7-15(18)8-10-16/h7-10,14H,11-13,18-19H2,1-6H3. The van der Waals surface area contributed by atoms with Crippen LogP contribution in [0.2, 0.25) is 39.3 Å². The summed E-state index contributed by atoms with van der Waals surface area (Å²) in [6.45, 7) is 16.9. The zero-order valence-corrected chi connectivity index (χ0v) is 17.1. The van der Waals surface area contributed by atoms with E-state index in [4.69, 9.17) is 11.5 Å². The summed E-state index contributed by atoms with van der Waals surface area (Å²) in [4.78, 5) is 2.56. The lowest BCUT2D eigenvalue weighted by atomic mass is 10.1. The average molecular weight is 336 g/mol. The summed E-state index contributed by atoms with van der Waals surface area (Å²) in [6.07, 6.45) is 1.22. The average Bonchev–Trinajstić information content (AvgIpc) is 2.85. The molecule has 1 atom stereocenters. The normalized spacial score (nSPS) is 20.5. The summed E-state index contributed by atoms with van der Waals surface area (Å²) in [5.41, 5.74) is 15.1. The van der Waals surface area contributed by atoms with E-state index < -0.39 is 16.1 Å².